The number of nitrogens with two attached hydrogens (primary N) is 1. The SMILES string of the molecule is N=C(N)c1cccc(S(=O)(=O)CCN2CCCCC2)c1. The minimum atomic E-state index is -3.31. The molecule has 1 saturated heterocycles. The zero-order chi connectivity index (χ0) is 14.6. The van der Waals surface area contributed by atoms with Crippen molar-refractivity contribution >= 4 is 15.7 Å². The molecule has 1 aliphatic heterocycles. The van der Waals surface area contributed by atoms with E-state index in [0.717, 1.165) is 25.9 Å². The minimum absolute atomic E-state index is 0.113. The van der Waals surface area contributed by atoms with Crippen molar-refractivity contribution in [3.8, 4) is 0 Å². The first-order valence-corrected chi connectivity index (χ1v) is 8.54. The molecule has 6 heteroatoms. The molecule has 1 aromatic rings. The maximum Gasteiger partial charge on any atom is 0.179 e. The number of amidine groups is 1. The fourth-order valence-electron chi connectivity index (χ4n) is 2.41. The Balaban J connectivity index is 2.05. The molecule has 0 spiro atoms. The molecule has 0 aliphatic carbocycles. The van der Waals surface area contributed by atoms with Gasteiger partial charge < -0.3 is 10.6 Å². The van der Waals surface area contributed by atoms with E-state index >= 15 is 0 Å². The number of nitrogens with one attached hydrogen (secondary N) is 1. The quantitative estimate of drug-likeness (QED) is 0.632. The van der Waals surface area contributed by atoms with Crippen molar-refractivity contribution in [1.29, 1.82) is 5.41 Å². The van der Waals surface area contributed by atoms with Crippen LogP contribution in [-0.2, 0) is 9.84 Å². The highest BCUT2D eigenvalue weighted by atomic mass is 32.2. The smallest absolute Gasteiger partial charge is 0.179 e. The second-order valence-corrected chi connectivity index (χ2v) is 7.27. The predicted molar refractivity (Wildman–Crippen MR) is 79.8 cm³/mol. The van der Waals surface area contributed by atoms with Crippen LogP contribution in [0, 0.1) is 5.41 Å². The zero-order valence-corrected chi connectivity index (χ0v) is 12.3. The molecular weight excluding hydrogens is 274 g/mol. The van der Waals surface area contributed by atoms with E-state index in [1.54, 1.807) is 18.2 Å². The van der Waals surface area contributed by atoms with Gasteiger partial charge in [0.2, 0.25) is 0 Å². The van der Waals surface area contributed by atoms with Crippen molar-refractivity contribution < 1.29 is 8.42 Å². The molecule has 5 nitrogen and oxygen atoms in total. The van der Waals surface area contributed by atoms with Gasteiger partial charge in [-0.05, 0) is 38.1 Å². The van der Waals surface area contributed by atoms with Crippen molar-refractivity contribution in [1.82, 2.24) is 4.90 Å². The lowest BCUT2D eigenvalue weighted by molar-refractivity contribution is 0.241. The lowest BCUT2D eigenvalue weighted by atomic mass is 10.1. The summed E-state index contributed by atoms with van der Waals surface area (Å²) in [6, 6.07) is 6.32. The van der Waals surface area contributed by atoms with E-state index in [1.807, 2.05) is 0 Å². The second kappa shape index (κ2) is 6.37. The van der Waals surface area contributed by atoms with Crippen molar-refractivity contribution in [2.24, 2.45) is 5.73 Å². The Labute approximate surface area is 120 Å². The van der Waals surface area contributed by atoms with Gasteiger partial charge in [0.25, 0.3) is 0 Å². The van der Waals surface area contributed by atoms with Crippen LogP contribution in [0.4, 0.5) is 0 Å². The number of sulfone groups is 1. The number of nitrogen functional groups attached to an aromatic ring is 1. The number of piperidine rings is 1. The van der Waals surface area contributed by atoms with Gasteiger partial charge in [0.1, 0.15) is 5.84 Å². The van der Waals surface area contributed by atoms with E-state index in [1.165, 1.54) is 12.5 Å². The van der Waals surface area contributed by atoms with Crippen LogP contribution >= 0.6 is 0 Å². The van der Waals surface area contributed by atoms with Gasteiger partial charge in [-0.15, -0.1) is 0 Å². The molecule has 20 heavy (non-hydrogen) atoms. The van der Waals surface area contributed by atoms with Crippen LogP contribution in [0.1, 0.15) is 24.8 Å². The van der Waals surface area contributed by atoms with Crippen LogP contribution < -0.4 is 5.73 Å². The van der Waals surface area contributed by atoms with E-state index < -0.39 is 9.84 Å². The molecule has 0 atom stereocenters. The summed E-state index contributed by atoms with van der Waals surface area (Å²) < 4.78 is 24.6. The first kappa shape index (κ1) is 15.0. The Bertz CT molecular complexity index is 578. The highest BCUT2D eigenvalue weighted by molar-refractivity contribution is 7.91. The molecule has 3 N–H and O–H groups in total. The summed E-state index contributed by atoms with van der Waals surface area (Å²) in [5, 5.41) is 7.37. The fourth-order valence-corrected chi connectivity index (χ4v) is 3.73. The molecule has 0 radical (unpaired) electrons. The third kappa shape index (κ3) is 3.80. The van der Waals surface area contributed by atoms with Gasteiger partial charge >= 0.3 is 0 Å². The molecule has 0 amide bonds. The number of hydrogen-bond acceptors (Lipinski definition) is 4. The van der Waals surface area contributed by atoms with Crippen LogP contribution in [-0.4, -0.2) is 44.5 Å². The molecule has 1 aromatic carbocycles. The number of benzene rings is 1. The summed E-state index contributed by atoms with van der Waals surface area (Å²) in [6.45, 7) is 2.55. The standard InChI is InChI=1S/C14H21N3O2S/c15-14(16)12-5-4-6-13(11-12)20(18,19)10-9-17-7-2-1-3-8-17/h4-6,11H,1-3,7-10H2,(H3,15,16). The highest BCUT2D eigenvalue weighted by Crippen LogP contribution is 2.15. The van der Waals surface area contributed by atoms with E-state index in [-0.39, 0.29) is 16.5 Å². The predicted octanol–water partition coefficient (Wildman–Crippen LogP) is 1.23. The Kier molecular flexibility index (Phi) is 4.77. The molecule has 1 aliphatic rings. The largest absolute Gasteiger partial charge is 0.384 e. The van der Waals surface area contributed by atoms with Gasteiger partial charge in [0.15, 0.2) is 9.84 Å². The van der Waals surface area contributed by atoms with Crippen molar-refractivity contribution in [3.63, 3.8) is 0 Å². The summed E-state index contributed by atoms with van der Waals surface area (Å²) in [5.74, 6) is 0.00651. The van der Waals surface area contributed by atoms with E-state index in [0.29, 0.717) is 12.1 Å². The topological polar surface area (TPSA) is 87.2 Å². The van der Waals surface area contributed by atoms with Crippen molar-refractivity contribution in [3.05, 3.63) is 29.8 Å². The average Bonchev–Trinajstić information content (AvgIpc) is 2.46. The first-order valence-electron chi connectivity index (χ1n) is 6.88. The van der Waals surface area contributed by atoms with Crippen LogP contribution in [0.2, 0.25) is 0 Å². The van der Waals surface area contributed by atoms with Gasteiger partial charge in [-0.3, -0.25) is 5.41 Å². The Morgan fingerprint density at radius 2 is 1.95 bits per heavy atom. The van der Waals surface area contributed by atoms with Crippen LogP contribution in [0.5, 0.6) is 0 Å². The molecule has 2 rings (SSSR count). The zero-order valence-electron chi connectivity index (χ0n) is 11.5. The van der Waals surface area contributed by atoms with Crippen molar-refractivity contribution in [2.75, 3.05) is 25.4 Å². The number of hydrogen-bond donors (Lipinski definition) is 2. The normalized spacial score (nSPS) is 17.0. The Hall–Kier alpha value is -1.40. The third-order valence-corrected chi connectivity index (χ3v) is 5.32. The summed E-state index contributed by atoms with van der Waals surface area (Å²) in [6.07, 6.45) is 3.55. The molecule has 1 fully saturated rings. The Morgan fingerprint density at radius 1 is 1.25 bits per heavy atom. The summed E-state index contributed by atoms with van der Waals surface area (Å²) >= 11 is 0. The van der Waals surface area contributed by atoms with E-state index in [9.17, 15) is 8.42 Å². The maximum absolute atomic E-state index is 12.3. The lowest BCUT2D eigenvalue weighted by Crippen LogP contribution is -2.34. The average molecular weight is 295 g/mol. The van der Waals surface area contributed by atoms with Crippen LogP contribution in [0.25, 0.3) is 0 Å². The summed E-state index contributed by atoms with van der Waals surface area (Å²) in [5.41, 5.74) is 5.85. The molecule has 0 saturated carbocycles. The molecule has 1 heterocycles. The molecule has 0 aromatic heterocycles. The number of rotatable bonds is 5. The maximum atomic E-state index is 12.3. The van der Waals surface area contributed by atoms with Gasteiger partial charge in [0, 0.05) is 12.1 Å². The molecule has 110 valence electrons. The summed E-state index contributed by atoms with van der Waals surface area (Å²) in [4.78, 5) is 2.46. The summed E-state index contributed by atoms with van der Waals surface area (Å²) in [7, 11) is -3.31. The number of nitrogens with zero attached hydrogens (tertiary/aromatic N) is 1. The third-order valence-electron chi connectivity index (χ3n) is 3.63. The second-order valence-electron chi connectivity index (χ2n) is 5.16. The van der Waals surface area contributed by atoms with Gasteiger partial charge in [-0.25, -0.2) is 8.42 Å². The Morgan fingerprint density at radius 3 is 2.60 bits per heavy atom. The van der Waals surface area contributed by atoms with Crippen molar-refractivity contribution in [2.45, 2.75) is 24.2 Å². The molecule has 0 unspecified atom stereocenters. The monoisotopic (exact) mass is 295 g/mol. The van der Waals surface area contributed by atoms with Gasteiger partial charge in [0.05, 0.1) is 10.6 Å². The van der Waals surface area contributed by atoms with Gasteiger partial charge in [-0.1, -0.05) is 18.6 Å². The van der Waals surface area contributed by atoms with Gasteiger partial charge in [-0.2, -0.15) is 0 Å². The lowest BCUT2D eigenvalue weighted by Gasteiger charge is -2.26. The molecular formula is C14H21N3O2S. The van der Waals surface area contributed by atoms with E-state index in [2.05, 4.69) is 4.90 Å². The first-order chi connectivity index (χ1) is 9.49. The fraction of sp³-hybridized carbons (Fsp3) is 0.500. The molecule has 0 bridgehead atoms. The number of likely N-dealkylation sites (tertiary alicyclic amines) is 1. The van der Waals surface area contributed by atoms with E-state index in [4.69, 9.17) is 11.1 Å². The minimum Gasteiger partial charge on any atom is -0.384 e. The van der Waals surface area contributed by atoms with Crippen LogP contribution in [0.15, 0.2) is 29.2 Å². The van der Waals surface area contributed by atoms with Crippen LogP contribution in [0.3, 0.4) is 0 Å². The highest BCUT2D eigenvalue weighted by Gasteiger charge is 2.18.